The Morgan fingerprint density at radius 3 is 2.81 bits per heavy atom. The molecule has 0 bridgehead atoms. The van der Waals surface area contributed by atoms with Crippen molar-refractivity contribution in [1.29, 1.82) is 0 Å². The standard InChI is InChI=1S/C10H18F3NO2/c1-8(4-14-7-10(11,12)13)16-6-9-2-3-15-5-9/h8-9,14H,2-7H2,1H3. The number of halogens is 3. The quantitative estimate of drug-likeness (QED) is 0.766. The van der Waals surface area contributed by atoms with E-state index < -0.39 is 12.7 Å². The minimum Gasteiger partial charge on any atom is -0.381 e. The van der Waals surface area contributed by atoms with Crippen molar-refractivity contribution < 1.29 is 22.6 Å². The maximum Gasteiger partial charge on any atom is 0.401 e. The molecule has 1 rings (SSSR count). The van der Waals surface area contributed by atoms with Gasteiger partial charge in [0.2, 0.25) is 0 Å². The summed E-state index contributed by atoms with van der Waals surface area (Å²) >= 11 is 0. The van der Waals surface area contributed by atoms with E-state index in [1.807, 2.05) is 0 Å². The van der Waals surface area contributed by atoms with E-state index in [1.165, 1.54) is 0 Å². The Balaban J connectivity index is 2.00. The van der Waals surface area contributed by atoms with Gasteiger partial charge in [0.25, 0.3) is 0 Å². The molecule has 0 aromatic heterocycles. The van der Waals surface area contributed by atoms with Crippen LogP contribution in [0.5, 0.6) is 0 Å². The fraction of sp³-hybridized carbons (Fsp3) is 1.00. The molecule has 1 saturated heterocycles. The topological polar surface area (TPSA) is 30.5 Å². The molecule has 1 N–H and O–H groups in total. The molecule has 96 valence electrons. The second kappa shape index (κ2) is 6.42. The van der Waals surface area contributed by atoms with Crippen LogP contribution in [0.25, 0.3) is 0 Å². The maximum absolute atomic E-state index is 11.8. The Labute approximate surface area is 93.3 Å². The van der Waals surface area contributed by atoms with Gasteiger partial charge in [-0.2, -0.15) is 13.2 Å². The first kappa shape index (κ1) is 13.7. The normalized spacial score (nSPS) is 23.6. The van der Waals surface area contributed by atoms with E-state index in [2.05, 4.69) is 5.32 Å². The second-order valence-electron chi connectivity index (χ2n) is 4.12. The maximum atomic E-state index is 11.8. The van der Waals surface area contributed by atoms with Crippen LogP contribution < -0.4 is 5.32 Å². The lowest BCUT2D eigenvalue weighted by atomic mass is 10.1. The molecule has 6 heteroatoms. The highest BCUT2D eigenvalue weighted by atomic mass is 19.4. The summed E-state index contributed by atoms with van der Waals surface area (Å²) < 4.78 is 46.1. The molecule has 0 aliphatic carbocycles. The van der Waals surface area contributed by atoms with Crippen molar-refractivity contribution in [2.24, 2.45) is 5.92 Å². The van der Waals surface area contributed by atoms with Crippen LogP contribution in [-0.2, 0) is 9.47 Å². The zero-order valence-electron chi connectivity index (χ0n) is 9.35. The molecule has 0 aromatic carbocycles. The fourth-order valence-electron chi connectivity index (χ4n) is 1.49. The van der Waals surface area contributed by atoms with E-state index in [4.69, 9.17) is 9.47 Å². The van der Waals surface area contributed by atoms with Crippen LogP contribution in [-0.4, -0.2) is 45.2 Å². The molecule has 2 unspecified atom stereocenters. The third kappa shape index (κ3) is 6.30. The van der Waals surface area contributed by atoms with Gasteiger partial charge in [0, 0.05) is 19.1 Å². The van der Waals surface area contributed by atoms with Gasteiger partial charge < -0.3 is 14.8 Å². The zero-order chi connectivity index (χ0) is 12.0. The number of ether oxygens (including phenoxy) is 2. The Morgan fingerprint density at radius 1 is 1.50 bits per heavy atom. The minimum absolute atomic E-state index is 0.206. The van der Waals surface area contributed by atoms with Gasteiger partial charge in [-0.15, -0.1) is 0 Å². The molecular weight excluding hydrogens is 223 g/mol. The summed E-state index contributed by atoms with van der Waals surface area (Å²) in [6.45, 7) is 3.03. The number of nitrogens with one attached hydrogen (secondary N) is 1. The van der Waals surface area contributed by atoms with Crippen LogP contribution in [0.3, 0.4) is 0 Å². The predicted octanol–water partition coefficient (Wildman–Crippen LogP) is 1.58. The van der Waals surface area contributed by atoms with Gasteiger partial charge in [-0.3, -0.25) is 0 Å². The van der Waals surface area contributed by atoms with Crippen LogP contribution in [0.1, 0.15) is 13.3 Å². The van der Waals surface area contributed by atoms with Crippen LogP contribution in [0.15, 0.2) is 0 Å². The molecule has 0 amide bonds. The summed E-state index contributed by atoms with van der Waals surface area (Å²) in [6, 6.07) is 0. The van der Waals surface area contributed by atoms with E-state index >= 15 is 0 Å². The van der Waals surface area contributed by atoms with Gasteiger partial charge >= 0.3 is 6.18 Å². The SMILES string of the molecule is CC(CNCC(F)(F)F)OCC1CCOC1. The summed E-state index contributed by atoms with van der Waals surface area (Å²) in [5.41, 5.74) is 0. The van der Waals surface area contributed by atoms with Crippen molar-refractivity contribution in [3.8, 4) is 0 Å². The molecule has 1 heterocycles. The molecule has 2 atom stereocenters. The van der Waals surface area contributed by atoms with Gasteiger partial charge in [-0.05, 0) is 13.3 Å². The lowest BCUT2D eigenvalue weighted by Gasteiger charge is -2.16. The molecule has 3 nitrogen and oxygen atoms in total. The Kier molecular flexibility index (Phi) is 5.51. The van der Waals surface area contributed by atoms with Crippen LogP contribution in [0, 0.1) is 5.92 Å². The minimum atomic E-state index is -4.15. The van der Waals surface area contributed by atoms with E-state index in [0.29, 0.717) is 19.1 Å². The van der Waals surface area contributed by atoms with Crippen molar-refractivity contribution >= 4 is 0 Å². The molecule has 1 fully saturated rings. The summed E-state index contributed by atoms with van der Waals surface area (Å²) in [5.74, 6) is 0.394. The molecule has 0 saturated carbocycles. The van der Waals surface area contributed by atoms with Crippen LogP contribution in [0.4, 0.5) is 13.2 Å². The first-order valence-electron chi connectivity index (χ1n) is 5.44. The second-order valence-corrected chi connectivity index (χ2v) is 4.12. The Morgan fingerprint density at radius 2 is 2.25 bits per heavy atom. The monoisotopic (exact) mass is 241 g/mol. The lowest BCUT2D eigenvalue weighted by Crippen LogP contribution is -2.35. The lowest BCUT2D eigenvalue weighted by molar-refractivity contribution is -0.125. The van der Waals surface area contributed by atoms with Crippen LogP contribution in [0.2, 0.25) is 0 Å². The summed E-state index contributed by atoms with van der Waals surface area (Å²) in [5, 5.41) is 2.32. The van der Waals surface area contributed by atoms with Gasteiger partial charge in [0.1, 0.15) is 0 Å². The van der Waals surface area contributed by atoms with Gasteiger partial charge in [0.15, 0.2) is 0 Å². The highest BCUT2D eigenvalue weighted by molar-refractivity contribution is 4.65. The van der Waals surface area contributed by atoms with E-state index in [0.717, 1.165) is 13.0 Å². The van der Waals surface area contributed by atoms with Crippen LogP contribution >= 0.6 is 0 Å². The predicted molar refractivity (Wildman–Crippen MR) is 53.3 cm³/mol. The third-order valence-corrected chi connectivity index (χ3v) is 2.40. The van der Waals surface area contributed by atoms with Crippen molar-refractivity contribution in [3.05, 3.63) is 0 Å². The van der Waals surface area contributed by atoms with E-state index in [9.17, 15) is 13.2 Å². The van der Waals surface area contributed by atoms with Gasteiger partial charge in [-0.1, -0.05) is 0 Å². The first-order chi connectivity index (χ1) is 7.47. The zero-order valence-corrected chi connectivity index (χ0v) is 9.35. The first-order valence-corrected chi connectivity index (χ1v) is 5.44. The van der Waals surface area contributed by atoms with E-state index in [1.54, 1.807) is 6.92 Å². The number of rotatable bonds is 6. The Hall–Kier alpha value is -0.330. The average Bonchev–Trinajstić information content (AvgIpc) is 2.65. The number of alkyl halides is 3. The summed E-state index contributed by atoms with van der Waals surface area (Å²) in [4.78, 5) is 0. The molecule has 0 aromatic rings. The van der Waals surface area contributed by atoms with Gasteiger partial charge in [0.05, 0.1) is 25.9 Å². The van der Waals surface area contributed by atoms with Crippen molar-refractivity contribution in [2.75, 3.05) is 32.9 Å². The molecule has 1 aliphatic rings. The van der Waals surface area contributed by atoms with E-state index in [-0.39, 0.29) is 12.6 Å². The summed E-state index contributed by atoms with van der Waals surface area (Å²) in [7, 11) is 0. The largest absolute Gasteiger partial charge is 0.401 e. The highest BCUT2D eigenvalue weighted by Gasteiger charge is 2.26. The van der Waals surface area contributed by atoms with Crippen molar-refractivity contribution in [2.45, 2.75) is 25.6 Å². The highest BCUT2D eigenvalue weighted by Crippen LogP contribution is 2.14. The Bertz CT molecular complexity index is 193. The molecule has 1 aliphatic heterocycles. The molecular formula is C10H18F3NO2. The average molecular weight is 241 g/mol. The summed E-state index contributed by atoms with van der Waals surface area (Å²) in [6.07, 6.45) is -3.38. The third-order valence-electron chi connectivity index (χ3n) is 2.40. The molecule has 16 heavy (non-hydrogen) atoms. The van der Waals surface area contributed by atoms with Crippen molar-refractivity contribution in [3.63, 3.8) is 0 Å². The number of hydrogen-bond donors (Lipinski definition) is 1. The van der Waals surface area contributed by atoms with Gasteiger partial charge in [-0.25, -0.2) is 0 Å². The molecule has 0 spiro atoms. The van der Waals surface area contributed by atoms with Crippen molar-refractivity contribution in [1.82, 2.24) is 5.32 Å². The smallest absolute Gasteiger partial charge is 0.381 e. The molecule has 0 radical (unpaired) electrons. The number of hydrogen-bond acceptors (Lipinski definition) is 3. The fourth-order valence-corrected chi connectivity index (χ4v) is 1.49.